The van der Waals surface area contributed by atoms with Crippen LogP contribution in [-0.2, 0) is 6.42 Å². The zero-order chi connectivity index (χ0) is 17.8. The molecule has 2 fully saturated rings. The average Bonchev–Trinajstić information content (AvgIpc) is 3.19. The summed E-state index contributed by atoms with van der Waals surface area (Å²) in [4.78, 5) is 13.8. The summed E-state index contributed by atoms with van der Waals surface area (Å²) in [6.07, 6.45) is 6.82. The standard InChI is InChI=1S/C20H27N5S.HI/c21-18(24-10-12-25(13-11-24)19-22-9-14-26-19)23-16-20(7-4-8-20)15-17-5-2-1-3-6-17;/h1-3,5-6,9,14H,4,7-8,10-13,15-16H2,(H2,21,23);1H. The van der Waals surface area contributed by atoms with Gasteiger partial charge in [0, 0.05) is 44.3 Å². The third-order valence-electron chi connectivity index (χ3n) is 5.71. The number of benzene rings is 1. The van der Waals surface area contributed by atoms with Crippen LogP contribution < -0.4 is 10.6 Å². The van der Waals surface area contributed by atoms with Crippen LogP contribution >= 0.6 is 35.3 Å². The van der Waals surface area contributed by atoms with Crippen LogP contribution in [0.2, 0.25) is 0 Å². The maximum atomic E-state index is 6.34. The monoisotopic (exact) mass is 497 g/mol. The van der Waals surface area contributed by atoms with E-state index in [9.17, 15) is 0 Å². The molecular formula is C20H28IN5S. The van der Waals surface area contributed by atoms with E-state index < -0.39 is 0 Å². The van der Waals surface area contributed by atoms with Crippen molar-refractivity contribution < 1.29 is 0 Å². The third-order valence-corrected chi connectivity index (χ3v) is 6.54. The molecule has 1 aliphatic heterocycles. The fourth-order valence-electron chi connectivity index (χ4n) is 3.94. The van der Waals surface area contributed by atoms with Crippen LogP contribution in [0.1, 0.15) is 24.8 Å². The molecule has 146 valence electrons. The molecule has 2 aliphatic rings. The van der Waals surface area contributed by atoms with E-state index in [1.807, 2.05) is 11.6 Å². The van der Waals surface area contributed by atoms with E-state index in [0.717, 1.165) is 44.3 Å². The molecule has 0 amide bonds. The Morgan fingerprint density at radius 1 is 1.15 bits per heavy atom. The number of hydrogen-bond donors (Lipinski definition) is 1. The van der Waals surface area contributed by atoms with Gasteiger partial charge < -0.3 is 15.5 Å². The normalized spacial score (nSPS) is 19.3. The number of rotatable bonds is 5. The molecule has 1 saturated heterocycles. The number of anilines is 1. The summed E-state index contributed by atoms with van der Waals surface area (Å²) < 4.78 is 0. The third kappa shape index (κ3) is 4.93. The van der Waals surface area contributed by atoms with Gasteiger partial charge in [-0.3, -0.25) is 4.99 Å². The second-order valence-corrected chi connectivity index (χ2v) is 8.35. The van der Waals surface area contributed by atoms with Crippen LogP contribution in [0.15, 0.2) is 46.9 Å². The molecule has 0 atom stereocenters. The minimum Gasteiger partial charge on any atom is -0.370 e. The van der Waals surface area contributed by atoms with Gasteiger partial charge in [-0.25, -0.2) is 4.98 Å². The molecule has 1 saturated carbocycles. The summed E-state index contributed by atoms with van der Waals surface area (Å²) in [5.74, 6) is 0.711. The van der Waals surface area contributed by atoms with Gasteiger partial charge in [-0.1, -0.05) is 36.8 Å². The van der Waals surface area contributed by atoms with Crippen molar-refractivity contribution in [2.45, 2.75) is 25.7 Å². The molecule has 0 bridgehead atoms. The molecule has 0 spiro atoms. The summed E-state index contributed by atoms with van der Waals surface area (Å²) in [6, 6.07) is 10.8. The second kappa shape index (κ2) is 9.23. The van der Waals surface area contributed by atoms with Crippen LogP contribution in [-0.4, -0.2) is 48.6 Å². The van der Waals surface area contributed by atoms with Crippen molar-refractivity contribution >= 4 is 46.4 Å². The number of nitrogens with zero attached hydrogens (tertiary/aromatic N) is 4. The lowest BCUT2D eigenvalue weighted by Gasteiger charge is -2.41. The predicted octanol–water partition coefficient (Wildman–Crippen LogP) is 3.61. The van der Waals surface area contributed by atoms with Crippen molar-refractivity contribution in [3.8, 4) is 0 Å². The highest BCUT2D eigenvalue weighted by Crippen LogP contribution is 2.44. The Morgan fingerprint density at radius 3 is 2.48 bits per heavy atom. The van der Waals surface area contributed by atoms with E-state index in [-0.39, 0.29) is 24.0 Å². The SMILES string of the molecule is I.NC(=NCC1(Cc2ccccc2)CCC1)N1CCN(c2nccs2)CC1. The first kappa shape index (κ1) is 20.4. The van der Waals surface area contributed by atoms with Crippen LogP contribution in [0.3, 0.4) is 0 Å². The molecule has 5 nitrogen and oxygen atoms in total. The zero-order valence-electron chi connectivity index (χ0n) is 15.6. The predicted molar refractivity (Wildman–Crippen MR) is 124 cm³/mol. The Morgan fingerprint density at radius 2 is 1.89 bits per heavy atom. The molecule has 0 unspecified atom stereocenters. The van der Waals surface area contributed by atoms with E-state index in [1.165, 1.54) is 24.8 Å². The summed E-state index contributed by atoms with van der Waals surface area (Å²) in [5, 5.41) is 3.14. The molecule has 2 heterocycles. The summed E-state index contributed by atoms with van der Waals surface area (Å²) >= 11 is 1.70. The number of nitrogens with two attached hydrogens (primary N) is 1. The summed E-state index contributed by atoms with van der Waals surface area (Å²) in [7, 11) is 0. The highest BCUT2D eigenvalue weighted by atomic mass is 127. The quantitative estimate of drug-likeness (QED) is 0.390. The highest BCUT2D eigenvalue weighted by Gasteiger charge is 2.37. The van der Waals surface area contributed by atoms with Gasteiger partial charge in [0.05, 0.1) is 0 Å². The number of piperazine rings is 1. The van der Waals surface area contributed by atoms with E-state index in [1.54, 1.807) is 11.3 Å². The number of thiazole rings is 1. The lowest BCUT2D eigenvalue weighted by molar-refractivity contribution is 0.145. The van der Waals surface area contributed by atoms with Crippen molar-refractivity contribution in [2.75, 3.05) is 37.6 Å². The van der Waals surface area contributed by atoms with Crippen LogP contribution in [0.5, 0.6) is 0 Å². The maximum Gasteiger partial charge on any atom is 0.191 e. The van der Waals surface area contributed by atoms with Gasteiger partial charge in [-0.05, 0) is 30.2 Å². The van der Waals surface area contributed by atoms with Gasteiger partial charge in [0.1, 0.15) is 0 Å². The largest absolute Gasteiger partial charge is 0.370 e. The Bertz CT molecular complexity index is 722. The van der Waals surface area contributed by atoms with E-state index in [0.29, 0.717) is 11.4 Å². The zero-order valence-corrected chi connectivity index (χ0v) is 18.7. The van der Waals surface area contributed by atoms with Gasteiger partial charge in [0.2, 0.25) is 0 Å². The number of halogens is 1. The van der Waals surface area contributed by atoms with Crippen molar-refractivity contribution in [3.05, 3.63) is 47.5 Å². The molecule has 27 heavy (non-hydrogen) atoms. The molecule has 0 radical (unpaired) electrons. The molecule has 2 N–H and O–H groups in total. The first-order valence-corrected chi connectivity index (χ1v) is 10.4. The van der Waals surface area contributed by atoms with Gasteiger partial charge in [0.25, 0.3) is 0 Å². The molecule has 1 aliphatic carbocycles. The molecule has 1 aromatic carbocycles. The Labute approximate surface area is 182 Å². The van der Waals surface area contributed by atoms with E-state index in [4.69, 9.17) is 10.7 Å². The molecular weight excluding hydrogens is 469 g/mol. The average molecular weight is 497 g/mol. The van der Waals surface area contributed by atoms with E-state index >= 15 is 0 Å². The van der Waals surface area contributed by atoms with E-state index in [2.05, 4.69) is 45.1 Å². The lowest BCUT2D eigenvalue weighted by atomic mass is 9.65. The Hall–Kier alpha value is -1.35. The van der Waals surface area contributed by atoms with Gasteiger partial charge in [-0.15, -0.1) is 35.3 Å². The van der Waals surface area contributed by atoms with Crippen molar-refractivity contribution in [1.82, 2.24) is 9.88 Å². The fraction of sp³-hybridized carbons (Fsp3) is 0.500. The molecule has 1 aromatic heterocycles. The topological polar surface area (TPSA) is 57.8 Å². The van der Waals surface area contributed by atoms with Gasteiger partial charge in [-0.2, -0.15) is 0 Å². The number of aromatic nitrogens is 1. The summed E-state index contributed by atoms with van der Waals surface area (Å²) in [6.45, 7) is 4.60. The summed E-state index contributed by atoms with van der Waals surface area (Å²) in [5.41, 5.74) is 8.07. The number of hydrogen-bond acceptors (Lipinski definition) is 4. The van der Waals surface area contributed by atoms with Crippen LogP contribution in [0.25, 0.3) is 0 Å². The number of guanidine groups is 1. The second-order valence-electron chi connectivity index (χ2n) is 7.48. The van der Waals surface area contributed by atoms with Crippen LogP contribution in [0, 0.1) is 5.41 Å². The number of aliphatic imine (C=N–C) groups is 1. The van der Waals surface area contributed by atoms with Gasteiger partial charge in [0.15, 0.2) is 11.1 Å². The first-order valence-electron chi connectivity index (χ1n) is 9.47. The minimum atomic E-state index is 0. The van der Waals surface area contributed by atoms with Crippen molar-refractivity contribution in [3.63, 3.8) is 0 Å². The fourth-order valence-corrected chi connectivity index (χ4v) is 4.64. The Balaban J connectivity index is 0.00000210. The smallest absolute Gasteiger partial charge is 0.191 e. The molecule has 2 aromatic rings. The van der Waals surface area contributed by atoms with Crippen molar-refractivity contribution in [2.24, 2.45) is 16.1 Å². The first-order chi connectivity index (χ1) is 12.7. The highest BCUT2D eigenvalue weighted by molar-refractivity contribution is 14.0. The lowest BCUT2D eigenvalue weighted by Crippen LogP contribution is -2.51. The molecule has 7 heteroatoms. The van der Waals surface area contributed by atoms with Crippen LogP contribution in [0.4, 0.5) is 5.13 Å². The van der Waals surface area contributed by atoms with Crippen molar-refractivity contribution in [1.29, 1.82) is 0 Å². The van der Waals surface area contributed by atoms with Gasteiger partial charge >= 0.3 is 0 Å². The molecule has 4 rings (SSSR count). The minimum absolute atomic E-state index is 0. The maximum absolute atomic E-state index is 6.34. The Kier molecular flexibility index (Phi) is 6.97.